The number of hydrogen-bond acceptors (Lipinski definition) is 2. The minimum Gasteiger partial charge on any atom is -0.494 e. The van der Waals surface area contributed by atoms with Gasteiger partial charge in [-0.05, 0) is 59.8 Å². The number of rotatable bonds is 6. The standard InChI is InChI=1S/C17H19FINO/c1-3-20-17(13-10-9-12(18)11-15(13)19)14-7-5-6-8-16(14)21-4-2/h5-11,17,20H,3-4H2,1-2H3. The van der Waals surface area contributed by atoms with Crippen LogP contribution in [0.5, 0.6) is 5.75 Å². The van der Waals surface area contributed by atoms with Crippen LogP contribution in [0, 0.1) is 9.39 Å². The monoisotopic (exact) mass is 399 g/mol. The third-order valence-electron chi connectivity index (χ3n) is 3.21. The number of para-hydroxylation sites is 1. The van der Waals surface area contributed by atoms with Crippen LogP contribution in [-0.2, 0) is 0 Å². The lowest BCUT2D eigenvalue weighted by Crippen LogP contribution is -2.23. The fraction of sp³-hybridized carbons (Fsp3) is 0.294. The van der Waals surface area contributed by atoms with Gasteiger partial charge in [0.05, 0.1) is 12.6 Å². The summed E-state index contributed by atoms with van der Waals surface area (Å²) in [6, 6.07) is 12.9. The van der Waals surface area contributed by atoms with Gasteiger partial charge >= 0.3 is 0 Å². The summed E-state index contributed by atoms with van der Waals surface area (Å²) in [5.41, 5.74) is 2.14. The molecule has 0 radical (unpaired) electrons. The van der Waals surface area contributed by atoms with E-state index < -0.39 is 0 Å². The second-order valence-electron chi connectivity index (χ2n) is 4.63. The molecule has 2 aromatic carbocycles. The van der Waals surface area contributed by atoms with Gasteiger partial charge in [0.25, 0.3) is 0 Å². The van der Waals surface area contributed by atoms with E-state index in [0.29, 0.717) is 6.61 Å². The summed E-state index contributed by atoms with van der Waals surface area (Å²) in [5.74, 6) is 0.655. The molecule has 2 aromatic rings. The highest BCUT2D eigenvalue weighted by atomic mass is 127. The van der Waals surface area contributed by atoms with E-state index in [1.54, 1.807) is 6.07 Å². The number of hydrogen-bond donors (Lipinski definition) is 1. The first-order chi connectivity index (χ1) is 10.2. The molecule has 0 aliphatic heterocycles. The Bertz CT molecular complexity index is 603. The molecule has 1 unspecified atom stereocenters. The first-order valence-corrected chi connectivity index (χ1v) is 8.15. The van der Waals surface area contributed by atoms with Gasteiger partial charge in [-0.1, -0.05) is 31.2 Å². The molecule has 4 heteroatoms. The molecule has 1 N–H and O–H groups in total. The molecule has 1 atom stereocenters. The van der Waals surface area contributed by atoms with Crippen molar-refractivity contribution in [2.75, 3.05) is 13.2 Å². The predicted molar refractivity (Wildman–Crippen MR) is 92.2 cm³/mol. The molecule has 0 fully saturated rings. The topological polar surface area (TPSA) is 21.3 Å². The van der Waals surface area contributed by atoms with Crippen molar-refractivity contribution in [1.29, 1.82) is 0 Å². The van der Waals surface area contributed by atoms with Crippen LogP contribution in [0.2, 0.25) is 0 Å². The molecular formula is C17H19FINO. The van der Waals surface area contributed by atoms with Crippen LogP contribution in [-0.4, -0.2) is 13.2 Å². The van der Waals surface area contributed by atoms with Crippen LogP contribution in [0.25, 0.3) is 0 Å². The summed E-state index contributed by atoms with van der Waals surface area (Å²) < 4.78 is 20.0. The number of ether oxygens (including phenoxy) is 1. The van der Waals surface area contributed by atoms with Crippen LogP contribution >= 0.6 is 22.6 Å². The Balaban J connectivity index is 2.48. The van der Waals surface area contributed by atoms with Gasteiger partial charge in [-0.15, -0.1) is 0 Å². The molecule has 0 bridgehead atoms. The molecule has 0 spiro atoms. The zero-order valence-corrected chi connectivity index (χ0v) is 14.4. The molecule has 0 saturated carbocycles. The molecule has 112 valence electrons. The average Bonchev–Trinajstić information content (AvgIpc) is 2.47. The molecule has 0 saturated heterocycles. The summed E-state index contributed by atoms with van der Waals surface area (Å²) in [6.07, 6.45) is 0. The number of halogens is 2. The highest BCUT2D eigenvalue weighted by molar-refractivity contribution is 14.1. The van der Waals surface area contributed by atoms with Gasteiger partial charge in [0, 0.05) is 9.13 Å². The molecule has 0 aliphatic carbocycles. The van der Waals surface area contributed by atoms with Gasteiger partial charge in [0.15, 0.2) is 0 Å². The van der Waals surface area contributed by atoms with Gasteiger partial charge in [0.1, 0.15) is 11.6 Å². The molecule has 21 heavy (non-hydrogen) atoms. The third-order valence-corrected chi connectivity index (χ3v) is 4.15. The smallest absolute Gasteiger partial charge is 0.124 e. The van der Waals surface area contributed by atoms with Crippen molar-refractivity contribution < 1.29 is 9.13 Å². The minimum absolute atomic E-state index is 0.00903. The van der Waals surface area contributed by atoms with E-state index in [9.17, 15) is 4.39 Å². The zero-order valence-electron chi connectivity index (χ0n) is 12.2. The van der Waals surface area contributed by atoms with Crippen molar-refractivity contribution in [3.05, 3.63) is 63.0 Å². The van der Waals surface area contributed by atoms with Gasteiger partial charge in [-0.2, -0.15) is 0 Å². The lowest BCUT2D eigenvalue weighted by atomic mass is 9.97. The van der Waals surface area contributed by atoms with Crippen LogP contribution in [0.4, 0.5) is 4.39 Å². The summed E-state index contributed by atoms with van der Waals surface area (Å²) in [5, 5.41) is 3.47. The van der Waals surface area contributed by atoms with Crippen molar-refractivity contribution in [3.63, 3.8) is 0 Å². The molecule has 2 nitrogen and oxygen atoms in total. The highest BCUT2D eigenvalue weighted by Crippen LogP contribution is 2.32. The van der Waals surface area contributed by atoms with Crippen molar-refractivity contribution in [2.45, 2.75) is 19.9 Å². The van der Waals surface area contributed by atoms with Crippen LogP contribution < -0.4 is 10.1 Å². The Morgan fingerprint density at radius 3 is 2.57 bits per heavy atom. The molecule has 2 rings (SSSR count). The van der Waals surface area contributed by atoms with Gasteiger partial charge in [-0.25, -0.2) is 4.39 Å². The highest BCUT2D eigenvalue weighted by Gasteiger charge is 2.19. The van der Waals surface area contributed by atoms with Crippen molar-refractivity contribution in [1.82, 2.24) is 5.32 Å². The SMILES string of the molecule is CCNC(c1ccc(F)cc1I)c1ccccc1OCC. The van der Waals surface area contributed by atoms with Gasteiger partial charge in [-0.3, -0.25) is 0 Å². The third kappa shape index (κ3) is 3.95. The van der Waals surface area contributed by atoms with E-state index in [2.05, 4.69) is 40.9 Å². The lowest BCUT2D eigenvalue weighted by Gasteiger charge is -2.22. The summed E-state index contributed by atoms with van der Waals surface area (Å²) >= 11 is 2.18. The average molecular weight is 399 g/mol. The minimum atomic E-state index is -0.212. The van der Waals surface area contributed by atoms with Gasteiger partial charge < -0.3 is 10.1 Å². The van der Waals surface area contributed by atoms with Gasteiger partial charge in [0.2, 0.25) is 0 Å². The van der Waals surface area contributed by atoms with Crippen molar-refractivity contribution in [2.24, 2.45) is 0 Å². The van der Waals surface area contributed by atoms with E-state index in [-0.39, 0.29) is 11.9 Å². The number of nitrogens with one attached hydrogen (secondary N) is 1. The fourth-order valence-electron chi connectivity index (χ4n) is 2.33. The largest absolute Gasteiger partial charge is 0.494 e. The molecule has 0 heterocycles. The Hall–Kier alpha value is -1.14. The molecular weight excluding hydrogens is 380 g/mol. The van der Waals surface area contributed by atoms with E-state index >= 15 is 0 Å². The molecule has 0 aromatic heterocycles. The van der Waals surface area contributed by atoms with Crippen LogP contribution in [0.1, 0.15) is 31.0 Å². The van der Waals surface area contributed by atoms with Crippen LogP contribution in [0.3, 0.4) is 0 Å². The zero-order chi connectivity index (χ0) is 15.2. The summed E-state index contributed by atoms with van der Waals surface area (Å²) in [4.78, 5) is 0. The molecule has 0 aliphatic rings. The van der Waals surface area contributed by atoms with Crippen molar-refractivity contribution in [3.8, 4) is 5.75 Å². The van der Waals surface area contributed by atoms with Crippen molar-refractivity contribution >= 4 is 22.6 Å². The predicted octanol–water partition coefficient (Wildman–Crippen LogP) is 4.53. The second kappa shape index (κ2) is 7.75. The maximum atomic E-state index is 13.3. The van der Waals surface area contributed by atoms with E-state index in [0.717, 1.165) is 27.0 Å². The maximum absolute atomic E-state index is 13.3. The Morgan fingerprint density at radius 2 is 1.90 bits per heavy atom. The summed E-state index contributed by atoms with van der Waals surface area (Å²) in [6.45, 7) is 5.47. The first kappa shape index (κ1) is 16.2. The van der Waals surface area contributed by atoms with E-state index in [4.69, 9.17) is 4.74 Å². The van der Waals surface area contributed by atoms with Crippen LogP contribution in [0.15, 0.2) is 42.5 Å². The molecule has 0 amide bonds. The van der Waals surface area contributed by atoms with E-state index in [1.165, 1.54) is 6.07 Å². The fourth-order valence-corrected chi connectivity index (χ4v) is 3.12. The Kier molecular flexibility index (Phi) is 5.99. The normalized spacial score (nSPS) is 12.2. The first-order valence-electron chi connectivity index (χ1n) is 7.07. The van der Waals surface area contributed by atoms with E-state index in [1.807, 2.05) is 31.2 Å². The summed E-state index contributed by atoms with van der Waals surface area (Å²) in [7, 11) is 0. The quantitative estimate of drug-likeness (QED) is 0.721. The lowest BCUT2D eigenvalue weighted by molar-refractivity contribution is 0.333. The Labute approximate surface area is 138 Å². The maximum Gasteiger partial charge on any atom is 0.124 e. The Morgan fingerprint density at radius 1 is 1.14 bits per heavy atom. The second-order valence-corrected chi connectivity index (χ2v) is 5.79. The number of benzene rings is 2.